The van der Waals surface area contributed by atoms with Crippen molar-refractivity contribution in [1.82, 2.24) is 20.4 Å². The fourth-order valence-electron chi connectivity index (χ4n) is 1.76. The molecule has 26 heavy (non-hydrogen) atoms. The maximum absolute atomic E-state index is 12.2. The van der Waals surface area contributed by atoms with E-state index in [1.807, 2.05) is 6.92 Å². The van der Waals surface area contributed by atoms with Crippen molar-refractivity contribution in [3.8, 4) is 0 Å². The summed E-state index contributed by atoms with van der Waals surface area (Å²) in [4.78, 5) is 24.1. The second-order valence-electron chi connectivity index (χ2n) is 4.77. The van der Waals surface area contributed by atoms with Gasteiger partial charge in [-0.25, -0.2) is 0 Å². The number of hydrogen-bond acceptors (Lipinski definition) is 9. The first-order valence-electron chi connectivity index (χ1n) is 7.13. The summed E-state index contributed by atoms with van der Waals surface area (Å²) in [5.41, 5.74) is 0.352. The van der Waals surface area contributed by atoms with Gasteiger partial charge in [0.25, 0.3) is 5.91 Å². The number of nitrogens with zero attached hydrogens (tertiary/aromatic N) is 4. The molecule has 0 bridgehead atoms. The molecule has 0 unspecified atom stereocenters. The summed E-state index contributed by atoms with van der Waals surface area (Å²) in [6.07, 6.45) is 0. The van der Waals surface area contributed by atoms with Gasteiger partial charge in [0, 0.05) is 0 Å². The Hall–Kier alpha value is -2.08. The number of benzene rings is 1. The van der Waals surface area contributed by atoms with Crippen molar-refractivity contribution >= 4 is 68.1 Å². The highest BCUT2D eigenvalue weighted by molar-refractivity contribution is 8.01. The molecule has 8 nitrogen and oxygen atoms in total. The number of thioether (sulfide) groups is 1. The highest BCUT2D eigenvalue weighted by Crippen LogP contribution is 2.26. The van der Waals surface area contributed by atoms with Gasteiger partial charge in [0.2, 0.25) is 16.2 Å². The lowest BCUT2D eigenvalue weighted by Crippen LogP contribution is -2.13. The van der Waals surface area contributed by atoms with Crippen LogP contribution >= 0.6 is 46.0 Å². The zero-order valence-corrected chi connectivity index (χ0v) is 16.4. The van der Waals surface area contributed by atoms with Gasteiger partial charge in [-0.15, -0.1) is 20.4 Å². The number of hydrogen-bond donors (Lipinski definition) is 2. The van der Waals surface area contributed by atoms with Crippen LogP contribution in [0.4, 0.5) is 10.3 Å². The van der Waals surface area contributed by atoms with Crippen molar-refractivity contribution in [3.63, 3.8) is 0 Å². The Morgan fingerprint density at radius 1 is 1.08 bits per heavy atom. The van der Waals surface area contributed by atoms with E-state index >= 15 is 0 Å². The molecule has 3 aromatic rings. The molecule has 0 fully saturated rings. The van der Waals surface area contributed by atoms with Crippen LogP contribution in [0.15, 0.2) is 28.6 Å². The number of carbonyl (C=O) groups is 2. The molecule has 2 aromatic heterocycles. The monoisotopic (exact) mass is 426 g/mol. The van der Waals surface area contributed by atoms with E-state index in [1.165, 1.54) is 34.4 Å². The van der Waals surface area contributed by atoms with Gasteiger partial charge in [-0.2, -0.15) is 0 Å². The minimum absolute atomic E-state index is 0.145. The number of anilines is 2. The maximum atomic E-state index is 12.2. The number of halogens is 1. The molecule has 12 heteroatoms. The lowest BCUT2D eigenvalue weighted by atomic mass is 10.2. The summed E-state index contributed by atoms with van der Waals surface area (Å²) in [5.74, 6) is -0.443. The Morgan fingerprint density at radius 2 is 1.81 bits per heavy atom. The second kappa shape index (κ2) is 8.54. The first-order valence-corrected chi connectivity index (χ1v) is 10.1. The van der Waals surface area contributed by atoms with Crippen molar-refractivity contribution in [2.45, 2.75) is 11.3 Å². The fourth-order valence-corrected chi connectivity index (χ4v) is 4.13. The predicted molar refractivity (Wildman–Crippen MR) is 103 cm³/mol. The Balaban J connectivity index is 1.52. The zero-order valence-electron chi connectivity index (χ0n) is 13.2. The lowest BCUT2D eigenvalue weighted by Gasteiger charge is -2.02. The Bertz CT molecular complexity index is 944. The lowest BCUT2D eigenvalue weighted by molar-refractivity contribution is -0.113. The molecule has 1 aromatic carbocycles. The maximum Gasteiger partial charge on any atom is 0.259 e. The van der Waals surface area contributed by atoms with E-state index in [0.717, 1.165) is 5.01 Å². The van der Waals surface area contributed by atoms with E-state index in [0.29, 0.717) is 25.2 Å². The van der Waals surface area contributed by atoms with Gasteiger partial charge in [-0.1, -0.05) is 58.2 Å². The summed E-state index contributed by atoms with van der Waals surface area (Å²) >= 11 is 9.68. The standard InChI is InChI=1S/C14H11ClN6O2S3/c1-7-18-19-12(25-7)16-10(22)6-24-14-21-20-13(26-14)17-11(23)8-4-2-3-5-9(8)15/h2-5H,6H2,1H3,(H,16,19,22)(H,17,20,23). The number of nitrogens with one attached hydrogen (secondary N) is 2. The van der Waals surface area contributed by atoms with Gasteiger partial charge < -0.3 is 0 Å². The number of aromatic nitrogens is 4. The molecule has 2 amide bonds. The molecule has 3 rings (SSSR count). The summed E-state index contributed by atoms with van der Waals surface area (Å²) in [7, 11) is 0. The molecule has 0 atom stereocenters. The Morgan fingerprint density at radius 3 is 2.54 bits per heavy atom. The normalized spacial score (nSPS) is 10.5. The third-order valence-corrected chi connectivity index (χ3v) is 5.90. The largest absolute Gasteiger partial charge is 0.300 e. The van der Waals surface area contributed by atoms with Gasteiger partial charge in [0.15, 0.2) is 4.34 Å². The molecular formula is C14H11ClN6O2S3. The van der Waals surface area contributed by atoms with Crippen LogP contribution in [0.25, 0.3) is 0 Å². The van der Waals surface area contributed by atoms with Crippen LogP contribution in [0.3, 0.4) is 0 Å². The minimum atomic E-state index is -0.368. The number of carbonyl (C=O) groups excluding carboxylic acids is 2. The highest BCUT2D eigenvalue weighted by atomic mass is 35.5. The Kier molecular flexibility index (Phi) is 6.14. The second-order valence-corrected chi connectivity index (χ2v) is 8.56. The van der Waals surface area contributed by atoms with Crippen LogP contribution in [0.2, 0.25) is 5.02 Å². The minimum Gasteiger partial charge on any atom is -0.300 e. The van der Waals surface area contributed by atoms with Crippen LogP contribution in [-0.2, 0) is 4.79 Å². The summed E-state index contributed by atoms with van der Waals surface area (Å²) in [5, 5.41) is 22.7. The van der Waals surface area contributed by atoms with Gasteiger partial charge >= 0.3 is 0 Å². The predicted octanol–water partition coefficient (Wildman–Crippen LogP) is 3.33. The zero-order chi connectivity index (χ0) is 18.5. The van der Waals surface area contributed by atoms with Crippen LogP contribution in [-0.4, -0.2) is 38.0 Å². The molecular weight excluding hydrogens is 416 g/mol. The molecule has 0 spiro atoms. The van der Waals surface area contributed by atoms with Gasteiger partial charge in [0.05, 0.1) is 16.3 Å². The van der Waals surface area contributed by atoms with Crippen LogP contribution in [0.5, 0.6) is 0 Å². The average Bonchev–Trinajstić information content (AvgIpc) is 3.22. The summed E-state index contributed by atoms with van der Waals surface area (Å²) in [6.45, 7) is 1.81. The summed E-state index contributed by atoms with van der Waals surface area (Å²) < 4.78 is 0.558. The fraction of sp³-hybridized carbons (Fsp3) is 0.143. The Labute approximate surface area is 165 Å². The molecule has 0 aliphatic rings. The molecule has 0 aliphatic carbocycles. The average molecular weight is 427 g/mol. The van der Waals surface area contributed by atoms with Crippen LogP contribution < -0.4 is 10.6 Å². The third-order valence-electron chi connectivity index (χ3n) is 2.84. The first kappa shape index (κ1) is 18.7. The van der Waals surface area contributed by atoms with E-state index in [2.05, 4.69) is 31.0 Å². The van der Waals surface area contributed by atoms with Crippen molar-refractivity contribution in [2.24, 2.45) is 0 Å². The van der Waals surface area contributed by atoms with Crippen LogP contribution in [0.1, 0.15) is 15.4 Å². The smallest absolute Gasteiger partial charge is 0.259 e. The summed E-state index contributed by atoms with van der Waals surface area (Å²) in [6, 6.07) is 6.72. The number of aryl methyl sites for hydroxylation is 1. The van der Waals surface area contributed by atoms with E-state index in [4.69, 9.17) is 11.6 Å². The van der Waals surface area contributed by atoms with E-state index in [1.54, 1.807) is 24.3 Å². The molecule has 2 heterocycles. The first-order chi connectivity index (χ1) is 12.5. The molecule has 0 saturated heterocycles. The molecule has 134 valence electrons. The van der Waals surface area contributed by atoms with E-state index in [9.17, 15) is 9.59 Å². The van der Waals surface area contributed by atoms with Crippen molar-refractivity contribution in [3.05, 3.63) is 39.9 Å². The van der Waals surface area contributed by atoms with Gasteiger partial charge in [0.1, 0.15) is 5.01 Å². The number of rotatable bonds is 6. The number of amides is 2. The molecule has 0 aliphatic heterocycles. The third kappa shape index (κ3) is 4.97. The topological polar surface area (TPSA) is 110 Å². The van der Waals surface area contributed by atoms with Crippen LogP contribution in [0, 0.1) is 6.92 Å². The van der Waals surface area contributed by atoms with Crippen molar-refractivity contribution < 1.29 is 9.59 Å². The van der Waals surface area contributed by atoms with E-state index < -0.39 is 0 Å². The van der Waals surface area contributed by atoms with Crippen molar-refractivity contribution in [1.29, 1.82) is 0 Å². The van der Waals surface area contributed by atoms with Crippen molar-refractivity contribution in [2.75, 3.05) is 16.4 Å². The molecule has 2 N–H and O–H groups in total. The molecule has 0 saturated carbocycles. The highest BCUT2D eigenvalue weighted by Gasteiger charge is 2.14. The molecule has 0 radical (unpaired) electrons. The quantitative estimate of drug-likeness (QED) is 0.459. The van der Waals surface area contributed by atoms with Gasteiger partial charge in [-0.3, -0.25) is 20.2 Å². The SMILES string of the molecule is Cc1nnc(NC(=O)CSc2nnc(NC(=O)c3ccccc3Cl)s2)s1. The van der Waals surface area contributed by atoms with E-state index in [-0.39, 0.29) is 17.6 Å². The van der Waals surface area contributed by atoms with Gasteiger partial charge in [-0.05, 0) is 19.1 Å².